The smallest absolute Gasteiger partial charge is 0.231 e. The van der Waals surface area contributed by atoms with Crippen LogP contribution in [0.2, 0.25) is 0 Å². The zero-order valence-electron chi connectivity index (χ0n) is 26.7. The minimum absolute atomic E-state index is 0.258. The van der Waals surface area contributed by atoms with E-state index in [1.807, 2.05) is 13.0 Å². The molecule has 6 N–H and O–H groups in total. The molecule has 0 radical (unpaired) electrons. The Bertz CT molecular complexity index is 1080. The van der Waals surface area contributed by atoms with Gasteiger partial charge < -0.3 is 22.0 Å². The summed E-state index contributed by atoms with van der Waals surface area (Å²) in [5, 5.41) is 19.5. The van der Waals surface area contributed by atoms with Crippen molar-refractivity contribution in [1.82, 2.24) is 4.90 Å². The van der Waals surface area contributed by atoms with E-state index >= 15 is 0 Å². The third-order valence-electron chi connectivity index (χ3n) is 7.69. The van der Waals surface area contributed by atoms with Gasteiger partial charge in [-0.15, -0.1) is 0 Å². The predicted molar refractivity (Wildman–Crippen MR) is 172 cm³/mol. The number of hydrogen-bond donors (Lipinski definition) is 4. The second kappa shape index (κ2) is 16.7. The molecule has 6 heteroatoms. The summed E-state index contributed by atoms with van der Waals surface area (Å²) in [6.45, 7) is 18.6. The molecule has 0 aromatic heterocycles. The maximum absolute atomic E-state index is 11.4. The van der Waals surface area contributed by atoms with Gasteiger partial charge in [-0.3, -0.25) is 9.69 Å². The molecular weight excluding hydrogens is 496 g/mol. The van der Waals surface area contributed by atoms with E-state index in [-0.39, 0.29) is 5.91 Å². The van der Waals surface area contributed by atoms with Gasteiger partial charge in [-0.2, -0.15) is 0 Å². The van der Waals surface area contributed by atoms with Crippen molar-refractivity contribution in [2.45, 2.75) is 99.0 Å². The molecule has 1 fully saturated rings. The number of aryl methyl sites for hydroxylation is 1. The van der Waals surface area contributed by atoms with Crippen molar-refractivity contribution in [3.63, 3.8) is 0 Å². The molecule has 1 aromatic carbocycles. The van der Waals surface area contributed by atoms with E-state index in [1.165, 1.54) is 34.9 Å². The maximum Gasteiger partial charge on any atom is 0.231 e. The summed E-state index contributed by atoms with van der Waals surface area (Å²) in [5.74, 6) is 0.517. The summed E-state index contributed by atoms with van der Waals surface area (Å²) in [6, 6.07) is 6.93. The van der Waals surface area contributed by atoms with E-state index in [2.05, 4.69) is 69.5 Å². The molecule has 0 saturated carbocycles. The molecular formula is C34H56N4O2. The quantitative estimate of drug-likeness (QED) is 0.174. The lowest BCUT2D eigenvalue weighted by Gasteiger charge is -2.32. The van der Waals surface area contributed by atoms with Crippen LogP contribution in [0.5, 0.6) is 0 Å². The van der Waals surface area contributed by atoms with Gasteiger partial charge in [0.25, 0.3) is 0 Å². The Labute approximate surface area is 244 Å². The first-order chi connectivity index (χ1) is 18.8. The number of piperidine rings is 1. The summed E-state index contributed by atoms with van der Waals surface area (Å²) < 4.78 is 0. The van der Waals surface area contributed by atoms with Crippen molar-refractivity contribution in [2.75, 3.05) is 26.7 Å². The summed E-state index contributed by atoms with van der Waals surface area (Å²) >= 11 is 0. The van der Waals surface area contributed by atoms with Crippen molar-refractivity contribution in [1.29, 1.82) is 5.41 Å². The van der Waals surface area contributed by atoms with Gasteiger partial charge >= 0.3 is 0 Å². The molecule has 224 valence electrons. The fraction of sp³-hybridized carbons (Fsp3) is 0.588. The van der Waals surface area contributed by atoms with Gasteiger partial charge in [0, 0.05) is 11.3 Å². The van der Waals surface area contributed by atoms with Gasteiger partial charge in [0.1, 0.15) is 0 Å². The molecule has 1 heterocycles. The number of primary amides is 1. The second-order valence-electron chi connectivity index (χ2n) is 11.6. The molecule has 2 rings (SSSR count). The maximum atomic E-state index is 11.4. The molecule has 0 spiro atoms. The largest absolute Gasteiger partial charge is 0.386 e. The van der Waals surface area contributed by atoms with Crippen LogP contribution in [0.1, 0.15) is 103 Å². The Morgan fingerprint density at radius 3 is 2.25 bits per heavy atom. The number of carbonyl (C=O) groups excluding carboxylic acids is 1. The first kappa shape index (κ1) is 35.5. The van der Waals surface area contributed by atoms with Gasteiger partial charge in [0.2, 0.25) is 5.91 Å². The molecule has 6 nitrogen and oxygen atoms in total. The molecule has 0 bridgehead atoms. The predicted octanol–water partition coefficient (Wildman–Crippen LogP) is 6.52. The highest BCUT2D eigenvalue weighted by Crippen LogP contribution is 2.38. The van der Waals surface area contributed by atoms with Crippen LogP contribution >= 0.6 is 0 Å². The van der Waals surface area contributed by atoms with Crippen LogP contribution < -0.4 is 11.5 Å². The van der Waals surface area contributed by atoms with Crippen LogP contribution in [0.4, 0.5) is 0 Å². The van der Waals surface area contributed by atoms with Crippen molar-refractivity contribution in [3.8, 4) is 0 Å². The average Bonchev–Trinajstić information content (AvgIpc) is 2.90. The average molecular weight is 553 g/mol. The van der Waals surface area contributed by atoms with Crippen molar-refractivity contribution in [3.05, 3.63) is 63.8 Å². The number of rotatable bonds is 12. The standard InChI is InChI=1S/C33H51N3O2.CH5N/c1-9-12-27(24(10-2)20-29(30(34)11-3)33(7,8)38)32(22(4)5)28-19-26(14-13-23(28)6)25-15-17-36(18-16-25)21-31(35)37;1-2/h10,13-14,19-20,22,25,34,38H,9,11-12,15-18,21H2,1-8H3,(H2,35,37);2H2,1H3/b24-10+,29-20+,32-27+,34-30?;. The summed E-state index contributed by atoms with van der Waals surface area (Å²) in [5.41, 5.74) is 17.6. The summed E-state index contributed by atoms with van der Waals surface area (Å²) in [7, 11) is 1.50. The normalized spacial score (nSPS) is 16.4. The van der Waals surface area contributed by atoms with Gasteiger partial charge in [0.05, 0.1) is 12.1 Å². The molecule has 1 aromatic rings. The summed E-state index contributed by atoms with van der Waals surface area (Å²) in [6.07, 6.45) is 8.75. The molecule has 1 aliphatic heterocycles. The van der Waals surface area contributed by atoms with Gasteiger partial charge in [-0.25, -0.2) is 0 Å². The third kappa shape index (κ3) is 9.83. The molecule has 1 saturated heterocycles. The number of nitrogens with one attached hydrogen (secondary N) is 1. The number of carbonyl (C=O) groups is 1. The number of amides is 1. The number of allylic oxidation sites excluding steroid dienone is 5. The SMILES string of the molecule is C/C=C(\C=C(/C(=N)CC)C(C)(C)O)C(/CCC)=C(/c1cc(C2CCN(CC(N)=O)CC2)ccc1C)C(C)C.CN. The number of nitrogens with zero attached hydrogens (tertiary/aromatic N) is 1. The minimum atomic E-state index is -1.09. The fourth-order valence-electron chi connectivity index (χ4n) is 5.66. The first-order valence-corrected chi connectivity index (χ1v) is 14.9. The van der Waals surface area contributed by atoms with Gasteiger partial charge in [0.15, 0.2) is 0 Å². The number of hydrogen-bond acceptors (Lipinski definition) is 5. The fourth-order valence-corrected chi connectivity index (χ4v) is 5.66. The van der Waals surface area contributed by atoms with E-state index in [1.54, 1.807) is 13.8 Å². The monoisotopic (exact) mass is 552 g/mol. The Hall–Kier alpha value is -2.54. The zero-order valence-corrected chi connectivity index (χ0v) is 26.7. The molecule has 0 atom stereocenters. The Kier molecular flexibility index (Phi) is 14.8. The van der Waals surface area contributed by atoms with Crippen molar-refractivity contribution >= 4 is 17.2 Å². The van der Waals surface area contributed by atoms with E-state index in [0.29, 0.717) is 36.1 Å². The lowest BCUT2D eigenvalue weighted by Crippen LogP contribution is -2.39. The highest BCUT2D eigenvalue weighted by molar-refractivity contribution is 6.00. The van der Waals surface area contributed by atoms with E-state index < -0.39 is 5.60 Å². The molecule has 1 aliphatic rings. The van der Waals surface area contributed by atoms with Crippen LogP contribution in [0.25, 0.3) is 5.57 Å². The highest BCUT2D eigenvalue weighted by Gasteiger charge is 2.26. The Morgan fingerprint density at radius 2 is 1.80 bits per heavy atom. The minimum Gasteiger partial charge on any atom is -0.386 e. The van der Waals surface area contributed by atoms with E-state index in [9.17, 15) is 9.90 Å². The van der Waals surface area contributed by atoms with Crippen molar-refractivity contribution in [2.24, 2.45) is 17.4 Å². The third-order valence-corrected chi connectivity index (χ3v) is 7.69. The second-order valence-corrected chi connectivity index (χ2v) is 11.6. The molecule has 0 unspecified atom stereocenters. The van der Waals surface area contributed by atoms with E-state index in [4.69, 9.17) is 11.1 Å². The van der Waals surface area contributed by atoms with Gasteiger partial charge in [-0.05, 0) is 125 Å². The number of likely N-dealkylation sites (tertiary alicyclic amines) is 1. The van der Waals surface area contributed by atoms with Crippen LogP contribution in [0.3, 0.4) is 0 Å². The molecule has 1 amide bonds. The summed E-state index contributed by atoms with van der Waals surface area (Å²) in [4.78, 5) is 13.5. The van der Waals surface area contributed by atoms with Crippen LogP contribution in [-0.2, 0) is 4.79 Å². The Morgan fingerprint density at radius 1 is 1.20 bits per heavy atom. The zero-order chi connectivity index (χ0) is 30.6. The molecule has 0 aliphatic carbocycles. The van der Waals surface area contributed by atoms with Crippen LogP contribution in [0.15, 0.2) is 47.1 Å². The Balaban J connectivity index is 0.00000391. The van der Waals surface area contributed by atoms with Gasteiger partial charge in [-0.1, -0.05) is 58.4 Å². The number of nitrogens with two attached hydrogens (primary N) is 2. The number of aliphatic hydroxyl groups is 1. The topological polar surface area (TPSA) is 116 Å². The van der Waals surface area contributed by atoms with Crippen LogP contribution in [-0.4, -0.2) is 53.9 Å². The van der Waals surface area contributed by atoms with Crippen molar-refractivity contribution < 1.29 is 9.90 Å². The van der Waals surface area contributed by atoms with Crippen LogP contribution in [0, 0.1) is 18.3 Å². The lowest BCUT2D eigenvalue weighted by atomic mass is 9.80. The van der Waals surface area contributed by atoms with E-state index in [0.717, 1.165) is 44.3 Å². The first-order valence-electron chi connectivity index (χ1n) is 14.9. The molecule has 40 heavy (non-hydrogen) atoms. The highest BCUT2D eigenvalue weighted by atomic mass is 16.3. The lowest BCUT2D eigenvalue weighted by molar-refractivity contribution is -0.119. The number of benzene rings is 1.